The van der Waals surface area contributed by atoms with Crippen molar-refractivity contribution in [1.82, 2.24) is 15.3 Å². The second-order valence-electron chi connectivity index (χ2n) is 7.38. The van der Waals surface area contributed by atoms with Crippen molar-refractivity contribution in [2.24, 2.45) is 4.99 Å². The van der Waals surface area contributed by atoms with Crippen LogP contribution in [0.4, 0.5) is 10.3 Å². The summed E-state index contributed by atoms with van der Waals surface area (Å²) in [6.45, 7) is 3.89. The SMILES string of the molecule is c1ccc(-c2csc(N3CCCC(c4csc(NC5=NCCCN5)n4)C3)n2)cc1. The Morgan fingerprint density at radius 2 is 2.00 bits per heavy atom. The van der Waals surface area contributed by atoms with Gasteiger partial charge in [-0.2, -0.15) is 0 Å². The van der Waals surface area contributed by atoms with Crippen LogP contribution in [0.1, 0.15) is 30.9 Å². The summed E-state index contributed by atoms with van der Waals surface area (Å²) in [5.41, 5.74) is 3.42. The highest BCUT2D eigenvalue weighted by Crippen LogP contribution is 2.34. The Morgan fingerprint density at radius 3 is 2.86 bits per heavy atom. The Morgan fingerprint density at radius 1 is 1.07 bits per heavy atom. The van der Waals surface area contributed by atoms with Crippen LogP contribution in [-0.4, -0.2) is 42.1 Å². The Kier molecular flexibility index (Phi) is 5.45. The highest BCUT2D eigenvalue weighted by atomic mass is 32.1. The van der Waals surface area contributed by atoms with Crippen LogP contribution in [0.25, 0.3) is 11.3 Å². The highest BCUT2D eigenvalue weighted by Gasteiger charge is 2.25. The summed E-state index contributed by atoms with van der Waals surface area (Å²) in [7, 11) is 0. The number of hydrogen-bond donors (Lipinski definition) is 2. The number of aliphatic imine (C=N–C) groups is 1. The molecule has 1 aromatic carbocycles. The predicted octanol–water partition coefficient (Wildman–Crippen LogP) is 4.41. The lowest BCUT2D eigenvalue weighted by Crippen LogP contribution is -2.35. The third kappa shape index (κ3) is 4.28. The smallest absolute Gasteiger partial charge is 0.197 e. The molecule has 1 atom stereocenters. The van der Waals surface area contributed by atoms with Gasteiger partial charge < -0.3 is 15.5 Å². The Balaban J connectivity index is 1.26. The number of aromatic nitrogens is 2. The van der Waals surface area contributed by atoms with Crippen molar-refractivity contribution in [1.29, 1.82) is 0 Å². The van der Waals surface area contributed by atoms with Gasteiger partial charge >= 0.3 is 0 Å². The van der Waals surface area contributed by atoms with Crippen LogP contribution in [0.5, 0.6) is 0 Å². The Hall–Kier alpha value is -2.45. The van der Waals surface area contributed by atoms with Gasteiger partial charge in [0.1, 0.15) is 0 Å². The molecule has 0 radical (unpaired) electrons. The molecule has 2 aromatic heterocycles. The number of thiazole rings is 2. The fourth-order valence-corrected chi connectivity index (χ4v) is 5.46. The lowest BCUT2D eigenvalue weighted by Gasteiger charge is -2.31. The van der Waals surface area contributed by atoms with Crippen molar-refractivity contribution < 1.29 is 0 Å². The van der Waals surface area contributed by atoms with Crippen LogP contribution in [0.15, 0.2) is 46.1 Å². The summed E-state index contributed by atoms with van der Waals surface area (Å²) >= 11 is 3.40. The molecule has 0 aliphatic carbocycles. The van der Waals surface area contributed by atoms with E-state index in [9.17, 15) is 0 Å². The first kappa shape index (κ1) is 18.6. The van der Waals surface area contributed by atoms with Crippen LogP contribution in [0, 0.1) is 0 Å². The van der Waals surface area contributed by atoms with Crippen LogP contribution in [0.2, 0.25) is 0 Å². The molecule has 8 heteroatoms. The summed E-state index contributed by atoms with van der Waals surface area (Å²) in [5.74, 6) is 1.29. The van der Waals surface area contributed by atoms with Crippen molar-refractivity contribution in [3.63, 3.8) is 0 Å². The van der Waals surface area contributed by atoms with Crippen LogP contribution < -0.4 is 15.5 Å². The van der Waals surface area contributed by atoms with E-state index < -0.39 is 0 Å². The van der Waals surface area contributed by atoms with Gasteiger partial charge in [0.05, 0.1) is 11.4 Å². The minimum absolute atomic E-state index is 0.445. The molecule has 2 N–H and O–H groups in total. The number of rotatable bonds is 4. The average Bonchev–Trinajstić information content (AvgIpc) is 3.46. The molecule has 0 spiro atoms. The van der Waals surface area contributed by atoms with Gasteiger partial charge in [0.15, 0.2) is 16.2 Å². The average molecular weight is 425 g/mol. The standard InChI is InChI=1S/C21H24N6S2/c1-2-6-15(7-3-1)17-14-29-21(25-17)27-11-4-8-16(12-27)18-13-28-20(24-18)26-19-22-9-5-10-23-19/h1-3,6-7,13-14,16H,4-5,8-12H2,(H2,22,23,24,26). The monoisotopic (exact) mass is 424 g/mol. The van der Waals surface area contributed by atoms with E-state index in [1.165, 1.54) is 24.1 Å². The van der Waals surface area contributed by atoms with Crippen LogP contribution >= 0.6 is 22.7 Å². The third-order valence-corrected chi connectivity index (χ3v) is 6.99. The number of hydrogen-bond acceptors (Lipinski definition) is 8. The molecular weight excluding hydrogens is 400 g/mol. The molecule has 5 rings (SSSR count). The molecule has 29 heavy (non-hydrogen) atoms. The molecule has 150 valence electrons. The first-order valence-electron chi connectivity index (χ1n) is 10.1. The van der Waals surface area contributed by atoms with E-state index in [1.807, 2.05) is 6.07 Å². The number of anilines is 2. The molecule has 3 aromatic rings. The second-order valence-corrected chi connectivity index (χ2v) is 9.07. The van der Waals surface area contributed by atoms with Gasteiger partial charge in [-0.15, -0.1) is 22.7 Å². The van der Waals surface area contributed by atoms with Gasteiger partial charge in [-0.3, -0.25) is 4.99 Å². The molecular formula is C21H24N6S2. The normalized spacial score (nSPS) is 19.5. The molecule has 0 bridgehead atoms. The van der Waals surface area contributed by atoms with Gasteiger partial charge in [0, 0.05) is 48.4 Å². The van der Waals surface area contributed by atoms with Crippen molar-refractivity contribution in [2.75, 3.05) is 36.4 Å². The van der Waals surface area contributed by atoms with E-state index in [1.54, 1.807) is 22.7 Å². The zero-order valence-electron chi connectivity index (χ0n) is 16.2. The predicted molar refractivity (Wildman–Crippen MR) is 122 cm³/mol. The highest BCUT2D eigenvalue weighted by molar-refractivity contribution is 7.14. The molecule has 1 fully saturated rings. The number of benzene rings is 1. The Bertz CT molecular complexity index is 980. The minimum atomic E-state index is 0.445. The van der Waals surface area contributed by atoms with Gasteiger partial charge in [-0.05, 0) is 19.3 Å². The van der Waals surface area contributed by atoms with E-state index >= 15 is 0 Å². The quantitative estimate of drug-likeness (QED) is 0.649. The first-order chi connectivity index (χ1) is 14.3. The van der Waals surface area contributed by atoms with Crippen molar-refractivity contribution in [3.05, 3.63) is 46.8 Å². The molecule has 2 aliphatic rings. The number of nitrogens with zero attached hydrogens (tertiary/aromatic N) is 4. The maximum absolute atomic E-state index is 4.91. The topological polar surface area (TPSA) is 65.4 Å². The number of piperidine rings is 1. The maximum Gasteiger partial charge on any atom is 0.197 e. The molecule has 6 nitrogen and oxygen atoms in total. The van der Waals surface area contributed by atoms with E-state index in [2.05, 4.69) is 55.6 Å². The number of nitrogens with one attached hydrogen (secondary N) is 2. The first-order valence-corrected chi connectivity index (χ1v) is 11.9. The minimum Gasteiger partial charge on any atom is -0.356 e. The second kappa shape index (κ2) is 8.51. The number of guanidine groups is 1. The summed E-state index contributed by atoms with van der Waals surface area (Å²) in [4.78, 5) is 16.6. The largest absolute Gasteiger partial charge is 0.356 e. The zero-order chi connectivity index (χ0) is 19.5. The zero-order valence-corrected chi connectivity index (χ0v) is 17.8. The summed E-state index contributed by atoms with van der Waals surface area (Å²) in [5, 5.41) is 13.0. The van der Waals surface area contributed by atoms with E-state index in [-0.39, 0.29) is 0 Å². The molecule has 4 heterocycles. The van der Waals surface area contributed by atoms with Crippen molar-refractivity contribution in [3.8, 4) is 11.3 Å². The maximum atomic E-state index is 4.91. The fourth-order valence-electron chi connectivity index (χ4n) is 3.79. The molecule has 1 unspecified atom stereocenters. The summed E-state index contributed by atoms with van der Waals surface area (Å²) in [6.07, 6.45) is 3.43. The lowest BCUT2D eigenvalue weighted by atomic mass is 9.96. The van der Waals surface area contributed by atoms with Crippen LogP contribution in [-0.2, 0) is 0 Å². The molecule has 1 saturated heterocycles. The van der Waals surface area contributed by atoms with Crippen LogP contribution in [0.3, 0.4) is 0 Å². The summed E-state index contributed by atoms with van der Waals surface area (Å²) < 4.78 is 0. The molecule has 0 saturated carbocycles. The van der Waals surface area contributed by atoms with Gasteiger partial charge in [0.2, 0.25) is 0 Å². The third-order valence-electron chi connectivity index (χ3n) is 5.32. The Labute approximate surface area is 178 Å². The fraction of sp³-hybridized carbons (Fsp3) is 0.381. The van der Waals surface area contributed by atoms with Gasteiger partial charge in [0.25, 0.3) is 0 Å². The molecule has 2 aliphatic heterocycles. The van der Waals surface area contributed by atoms with Crippen molar-refractivity contribution in [2.45, 2.75) is 25.2 Å². The van der Waals surface area contributed by atoms with E-state index in [0.717, 1.165) is 54.5 Å². The van der Waals surface area contributed by atoms with Gasteiger partial charge in [-0.1, -0.05) is 30.3 Å². The summed E-state index contributed by atoms with van der Waals surface area (Å²) in [6, 6.07) is 10.4. The van der Waals surface area contributed by atoms with Crippen molar-refractivity contribution >= 4 is 38.9 Å². The van der Waals surface area contributed by atoms with E-state index in [4.69, 9.17) is 9.97 Å². The van der Waals surface area contributed by atoms with Gasteiger partial charge in [-0.25, -0.2) is 9.97 Å². The molecule has 0 amide bonds. The lowest BCUT2D eigenvalue weighted by molar-refractivity contribution is 0.503. The van der Waals surface area contributed by atoms with E-state index in [0.29, 0.717) is 5.92 Å².